The molecule has 2 aromatic rings. The molecule has 1 aliphatic rings. The summed E-state index contributed by atoms with van der Waals surface area (Å²) in [7, 11) is -3.80. The Kier molecular flexibility index (Phi) is 6.95. The number of carbonyl (C=O) groups excluding carboxylic acids is 1. The zero-order valence-corrected chi connectivity index (χ0v) is 18.4. The fraction of sp³-hybridized carbons (Fsp3) is 0.350. The second-order valence-corrected chi connectivity index (χ2v) is 10.2. The molecule has 1 saturated heterocycles. The predicted octanol–water partition coefficient (Wildman–Crippen LogP) is 4.56. The summed E-state index contributed by atoms with van der Waals surface area (Å²) in [4.78, 5) is 16.5. The Morgan fingerprint density at radius 1 is 1.11 bits per heavy atom. The van der Waals surface area contributed by atoms with Crippen LogP contribution in [0.15, 0.2) is 57.2 Å². The molecule has 150 valence electrons. The lowest BCUT2D eigenvalue weighted by Crippen LogP contribution is -2.28. The highest BCUT2D eigenvalue weighted by atomic mass is 32.2. The van der Waals surface area contributed by atoms with Gasteiger partial charge in [-0.25, -0.2) is 8.42 Å². The van der Waals surface area contributed by atoms with Crippen molar-refractivity contribution in [3.05, 3.63) is 48.0 Å². The van der Waals surface area contributed by atoms with Gasteiger partial charge in [-0.05, 0) is 55.2 Å². The van der Waals surface area contributed by atoms with E-state index < -0.39 is 10.0 Å². The van der Waals surface area contributed by atoms with Gasteiger partial charge in [-0.2, -0.15) is 0 Å². The Labute approximate surface area is 175 Å². The van der Waals surface area contributed by atoms with Gasteiger partial charge in [0.25, 0.3) is 15.9 Å². The highest BCUT2D eigenvalue weighted by Gasteiger charge is 2.25. The molecule has 1 fully saturated rings. The van der Waals surface area contributed by atoms with Crippen molar-refractivity contribution in [2.24, 2.45) is 0 Å². The number of hydrogen-bond acceptors (Lipinski definition) is 5. The van der Waals surface area contributed by atoms with E-state index in [0.29, 0.717) is 11.3 Å². The van der Waals surface area contributed by atoms with Crippen molar-refractivity contribution in [1.82, 2.24) is 4.90 Å². The minimum atomic E-state index is -3.80. The highest BCUT2D eigenvalue weighted by Crippen LogP contribution is 2.30. The standard InChI is InChI=1S/C20H24N2O3S3/c1-3-27-19-9-5-4-8-17(19)21-28(24,25)15-10-11-18(26-2)16(14-15)20(23)22-12-6-7-13-22/h4-5,8-11,14,21H,3,6-7,12-13H2,1-2H3. The fourth-order valence-electron chi connectivity index (χ4n) is 3.15. The first-order chi connectivity index (χ1) is 13.5. The van der Waals surface area contributed by atoms with E-state index in [1.54, 1.807) is 40.9 Å². The SMILES string of the molecule is CCSc1ccccc1NS(=O)(=O)c1ccc(SC)c(C(=O)N2CCCC2)c1. The zero-order chi connectivity index (χ0) is 20.1. The van der Waals surface area contributed by atoms with E-state index in [9.17, 15) is 13.2 Å². The Bertz CT molecular complexity index is 955. The largest absolute Gasteiger partial charge is 0.339 e. The van der Waals surface area contributed by atoms with E-state index in [2.05, 4.69) is 4.72 Å². The van der Waals surface area contributed by atoms with Crippen molar-refractivity contribution < 1.29 is 13.2 Å². The Balaban J connectivity index is 1.94. The minimum absolute atomic E-state index is 0.0964. The van der Waals surface area contributed by atoms with E-state index >= 15 is 0 Å². The van der Waals surface area contributed by atoms with E-state index in [4.69, 9.17) is 0 Å². The maximum absolute atomic E-state index is 13.0. The molecule has 1 heterocycles. The summed E-state index contributed by atoms with van der Waals surface area (Å²) in [5, 5.41) is 0. The number of likely N-dealkylation sites (tertiary alicyclic amines) is 1. The van der Waals surface area contributed by atoms with Gasteiger partial charge >= 0.3 is 0 Å². The van der Waals surface area contributed by atoms with Gasteiger partial charge in [-0.3, -0.25) is 9.52 Å². The zero-order valence-electron chi connectivity index (χ0n) is 16.0. The van der Waals surface area contributed by atoms with Crippen LogP contribution in [0.25, 0.3) is 0 Å². The van der Waals surface area contributed by atoms with Gasteiger partial charge in [0.05, 0.1) is 16.1 Å². The van der Waals surface area contributed by atoms with Crippen LogP contribution in [0.4, 0.5) is 5.69 Å². The van der Waals surface area contributed by atoms with Gasteiger partial charge in [0, 0.05) is 22.9 Å². The molecule has 5 nitrogen and oxygen atoms in total. The molecule has 0 aliphatic carbocycles. The second kappa shape index (κ2) is 9.24. The number of amides is 1. The van der Waals surface area contributed by atoms with Crippen molar-refractivity contribution in [2.45, 2.75) is 34.5 Å². The Hall–Kier alpha value is -1.64. The lowest BCUT2D eigenvalue weighted by molar-refractivity contribution is 0.0789. The van der Waals surface area contributed by atoms with Crippen molar-refractivity contribution in [3.8, 4) is 0 Å². The van der Waals surface area contributed by atoms with Crippen LogP contribution in [0.1, 0.15) is 30.1 Å². The van der Waals surface area contributed by atoms with Gasteiger partial charge < -0.3 is 4.90 Å². The highest BCUT2D eigenvalue weighted by molar-refractivity contribution is 7.99. The molecule has 0 bridgehead atoms. The van der Waals surface area contributed by atoms with Gasteiger partial charge in [0.15, 0.2) is 0 Å². The average molecular weight is 437 g/mol. The summed E-state index contributed by atoms with van der Waals surface area (Å²) in [5.41, 5.74) is 1.00. The topological polar surface area (TPSA) is 66.5 Å². The van der Waals surface area contributed by atoms with Crippen molar-refractivity contribution in [3.63, 3.8) is 0 Å². The minimum Gasteiger partial charge on any atom is -0.339 e. The van der Waals surface area contributed by atoms with Gasteiger partial charge in [0.2, 0.25) is 0 Å². The number of anilines is 1. The molecule has 1 N–H and O–H groups in total. The third kappa shape index (κ3) is 4.67. The molecule has 0 saturated carbocycles. The molecule has 1 amide bonds. The van der Waals surface area contributed by atoms with Crippen LogP contribution in [0, 0.1) is 0 Å². The van der Waals surface area contributed by atoms with Crippen LogP contribution >= 0.6 is 23.5 Å². The quantitative estimate of drug-likeness (QED) is 0.645. The Morgan fingerprint density at radius 2 is 1.82 bits per heavy atom. The first-order valence-electron chi connectivity index (χ1n) is 9.18. The van der Waals surface area contributed by atoms with Crippen LogP contribution in [-0.4, -0.2) is 44.3 Å². The first-order valence-corrected chi connectivity index (χ1v) is 12.9. The summed E-state index contributed by atoms with van der Waals surface area (Å²) in [6.07, 6.45) is 3.87. The predicted molar refractivity (Wildman–Crippen MR) is 117 cm³/mol. The molecule has 0 spiro atoms. The number of benzene rings is 2. The normalized spacial score (nSPS) is 14.3. The average Bonchev–Trinajstić information content (AvgIpc) is 3.23. The molecule has 28 heavy (non-hydrogen) atoms. The maximum atomic E-state index is 13.0. The first kappa shape index (κ1) is 21.1. The van der Waals surface area contributed by atoms with Crippen LogP contribution < -0.4 is 4.72 Å². The van der Waals surface area contributed by atoms with Crippen molar-refractivity contribution in [2.75, 3.05) is 29.8 Å². The fourth-order valence-corrected chi connectivity index (χ4v) is 5.65. The molecule has 1 aliphatic heterocycles. The number of nitrogens with zero attached hydrogens (tertiary/aromatic N) is 1. The van der Waals surface area contributed by atoms with Crippen molar-refractivity contribution in [1.29, 1.82) is 0 Å². The van der Waals surface area contributed by atoms with E-state index in [1.165, 1.54) is 17.8 Å². The summed E-state index contributed by atoms with van der Waals surface area (Å²) in [6, 6.07) is 12.1. The lowest BCUT2D eigenvalue weighted by Gasteiger charge is -2.18. The third-order valence-electron chi connectivity index (χ3n) is 4.54. The summed E-state index contributed by atoms with van der Waals surface area (Å²) >= 11 is 3.03. The van der Waals surface area contributed by atoms with Gasteiger partial charge in [-0.1, -0.05) is 19.1 Å². The summed E-state index contributed by atoms with van der Waals surface area (Å²) in [5.74, 6) is 0.746. The number of rotatable bonds is 7. The Morgan fingerprint density at radius 3 is 2.50 bits per heavy atom. The molecule has 3 rings (SSSR count). The number of thioether (sulfide) groups is 2. The molecule has 2 aromatic carbocycles. The van der Waals surface area contributed by atoms with Crippen LogP contribution in [0.2, 0.25) is 0 Å². The van der Waals surface area contributed by atoms with E-state index in [0.717, 1.165) is 41.5 Å². The molecule has 8 heteroatoms. The number of sulfonamides is 1. The number of hydrogen-bond donors (Lipinski definition) is 1. The van der Waals surface area contributed by atoms with E-state index in [-0.39, 0.29) is 10.8 Å². The van der Waals surface area contributed by atoms with Gasteiger partial charge in [0.1, 0.15) is 0 Å². The molecule has 0 atom stereocenters. The molecule has 0 unspecified atom stereocenters. The second-order valence-electron chi connectivity index (χ2n) is 6.40. The summed E-state index contributed by atoms with van der Waals surface area (Å²) < 4.78 is 28.7. The number of nitrogens with one attached hydrogen (secondary N) is 1. The van der Waals surface area contributed by atoms with E-state index in [1.807, 2.05) is 25.3 Å². The van der Waals surface area contributed by atoms with Crippen LogP contribution in [-0.2, 0) is 10.0 Å². The van der Waals surface area contributed by atoms with Crippen molar-refractivity contribution >= 4 is 45.1 Å². The van der Waals surface area contributed by atoms with Crippen LogP contribution in [0.5, 0.6) is 0 Å². The monoisotopic (exact) mass is 436 g/mol. The lowest BCUT2D eigenvalue weighted by atomic mass is 10.2. The molecule has 0 aromatic heterocycles. The molecular weight excluding hydrogens is 412 g/mol. The number of carbonyl (C=O) groups is 1. The number of para-hydroxylation sites is 1. The van der Waals surface area contributed by atoms with Crippen LogP contribution in [0.3, 0.4) is 0 Å². The van der Waals surface area contributed by atoms with Gasteiger partial charge in [-0.15, -0.1) is 23.5 Å². The summed E-state index contributed by atoms with van der Waals surface area (Å²) in [6.45, 7) is 3.47. The molecule has 0 radical (unpaired) electrons. The molecular formula is C20H24N2O3S3. The third-order valence-corrected chi connectivity index (χ3v) is 7.65. The maximum Gasteiger partial charge on any atom is 0.261 e. The smallest absolute Gasteiger partial charge is 0.261 e.